The van der Waals surface area contributed by atoms with Gasteiger partial charge in [-0.3, -0.25) is 9.59 Å². The SMILES string of the molecule is Cc1nn(CC(=O)NCc2cccc(C(F)(F)F)c2)c(=O)c2ccccc12. The maximum atomic E-state index is 12.7. The van der Waals surface area contributed by atoms with Gasteiger partial charge in [0.1, 0.15) is 6.54 Å². The van der Waals surface area contributed by atoms with E-state index < -0.39 is 23.2 Å². The van der Waals surface area contributed by atoms with E-state index in [1.165, 1.54) is 12.1 Å². The van der Waals surface area contributed by atoms with Crippen molar-refractivity contribution in [3.05, 3.63) is 75.7 Å². The number of amides is 1. The highest BCUT2D eigenvalue weighted by Crippen LogP contribution is 2.29. The number of hydrogen-bond acceptors (Lipinski definition) is 3. The van der Waals surface area contributed by atoms with E-state index in [0.717, 1.165) is 16.8 Å². The van der Waals surface area contributed by atoms with Crippen LogP contribution < -0.4 is 10.9 Å². The van der Waals surface area contributed by atoms with E-state index in [-0.39, 0.29) is 13.1 Å². The summed E-state index contributed by atoms with van der Waals surface area (Å²) >= 11 is 0. The van der Waals surface area contributed by atoms with Crippen LogP contribution in [0.15, 0.2) is 53.3 Å². The van der Waals surface area contributed by atoms with Crippen LogP contribution >= 0.6 is 0 Å². The summed E-state index contributed by atoms with van der Waals surface area (Å²) in [6, 6.07) is 11.7. The first-order chi connectivity index (χ1) is 12.8. The monoisotopic (exact) mass is 375 g/mol. The minimum absolute atomic E-state index is 0.0793. The molecule has 0 aliphatic heterocycles. The molecule has 0 fully saturated rings. The van der Waals surface area contributed by atoms with E-state index in [1.54, 1.807) is 31.2 Å². The fraction of sp³-hybridized carbons (Fsp3) is 0.211. The number of nitrogens with zero attached hydrogens (tertiary/aromatic N) is 2. The van der Waals surface area contributed by atoms with Gasteiger partial charge >= 0.3 is 6.18 Å². The van der Waals surface area contributed by atoms with Crippen molar-refractivity contribution in [2.45, 2.75) is 26.2 Å². The van der Waals surface area contributed by atoms with E-state index in [4.69, 9.17) is 0 Å². The molecule has 0 saturated carbocycles. The number of fused-ring (bicyclic) bond motifs is 1. The van der Waals surface area contributed by atoms with Gasteiger partial charge in [0.2, 0.25) is 5.91 Å². The smallest absolute Gasteiger partial charge is 0.350 e. The molecular weight excluding hydrogens is 359 g/mol. The third kappa shape index (κ3) is 4.16. The average Bonchev–Trinajstić information content (AvgIpc) is 2.64. The number of benzene rings is 2. The standard InChI is InChI=1S/C19H16F3N3O2/c1-12-15-7-2-3-8-16(15)18(27)25(24-12)11-17(26)23-10-13-5-4-6-14(9-13)19(20,21)22/h2-9H,10-11H2,1H3,(H,23,26). The summed E-state index contributed by atoms with van der Waals surface area (Å²) in [6.45, 7) is 1.34. The molecule has 1 amide bonds. The number of hydrogen-bond donors (Lipinski definition) is 1. The second kappa shape index (κ2) is 7.22. The molecule has 0 atom stereocenters. The van der Waals surface area contributed by atoms with E-state index in [0.29, 0.717) is 22.0 Å². The van der Waals surface area contributed by atoms with Crippen molar-refractivity contribution in [3.63, 3.8) is 0 Å². The van der Waals surface area contributed by atoms with Gasteiger partial charge in [0.05, 0.1) is 16.6 Å². The van der Waals surface area contributed by atoms with Crippen LogP contribution in [-0.4, -0.2) is 15.7 Å². The van der Waals surface area contributed by atoms with Crippen LogP contribution in [0.1, 0.15) is 16.8 Å². The van der Waals surface area contributed by atoms with Crippen LogP contribution in [-0.2, 0) is 24.1 Å². The highest BCUT2D eigenvalue weighted by atomic mass is 19.4. The second-order valence-corrected chi connectivity index (χ2v) is 6.07. The van der Waals surface area contributed by atoms with Crippen molar-refractivity contribution >= 4 is 16.7 Å². The van der Waals surface area contributed by atoms with Crippen molar-refractivity contribution in [1.29, 1.82) is 0 Å². The molecule has 1 heterocycles. The Morgan fingerprint density at radius 2 is 1.81 bits per heavy atom. The molecule has 0 aliphatic rings. The Bertz CT molecular complexity index is 1060. The number of aryl methyl sites for hydroxylation is 1. The maximum absolute atomic E-state index is 12.7. The van der Waals surface area contributed by atoms with Crippen molar-refractivity contribution in [1.82, 2.24) is 15.1 Å². The van der Waals surface area contributed by atoms with Gasteiger partial charge in [-0.2, -0.15) is 18.3 Å². The molecule has 27 heavy (non-hydrogen) atoms. The van der Waals surface area contributed by atoms with Gasteiger partial charge in [-0.25, -0.2) is 4.68 Å². The van der Waals surface area contributed by atoms with Crippen LogP contribution in [0.25, 0.3) is 10.8 Å². The number of nitrogens with one attached hydrogen (secondary N) is 1. The van der Waals surface area contributed by atoms with Crippen LogP contribution in [0.4, 0.5) is 13.2 Å². The molecule has 0 radical (unpaired) electrons. The number of aromatic nitrogens is 2. The van der Waals surface area contributed by atoms with Crippen molar-refractivity contribution < 1.29 is 18.0 Å². The molecule has 5 nitrogen and oxygen atoms in total. The number of carbonyl (C=O) groups is 1. The molecule has 3 rings (SSSR count). The van der Waals surface area contributed by atoms with E-state index in [1.807, 2.05) is 0 Å². The Labute approximate surface area is 152 Å². The summed E-state index contributed by atoms with van der Waals surface area (Å²) in [5.41, 5.74) is -0.258. The molecule has 140 valence electrons. The fourth-order valence-corrected chi connectivity index (χ4v) is 2.76. The van der Waals surface area contributed by atoms with E-state index in [2.05, 4.69) is 10.4 Å². The molecule has 3 aromatic rings. The summed E-state index contributed by atoms with van der Waals surface area (Å²) in [4.78, 5) is 24.6. The van der Waals surface area contributed by atoms with Gasteiger partial charge < -0.3 is 5.32 Å². The van der Waals surface area contributed by atoms with Gasteiger partial charge in [-0.15, -0.1) is 0 Å². The normalized spacial score (nSPS) is 11.6. The summed E-state index contributed by atoms with van der Waals surface area (Å²) < 4.78 is 39.2. The second-order valence-electron chi connectivity index (χ2n) is 6.07. The zero-order chi connectivity index (χ0) is 19.6. The molecule has 0 spiro atoms. The Morgan fingerprint density at radius 1 is 1.11 bits per heavy atom. The molecule has 2 aromatic carbocycles. The number of carbonyl (C=O) groups excluding carboxylic acids is 1. The first kappa shape index (κ1) is 18.6. The van der Waals surface area contributed by atoms with E-state index in [9.17, 15) is 22.8 Å². The molecule has 0 unspecified atom stereocenters. The molecule has 1 aromatic heterocycles. The summed E-state index contributed by atoms with van der Waals surface area (Å²) in [7, 11) is 0. The zero-order valence-corrected chi connectivity index (χ0v) is 14.4. The minimum atomic E-state index is -4.44. The summed E-state index contributed by atoms with van der Waals surface area (Å²) in [5.74, 6) is -0.517. The van der Waals surface area contributed by atoms with Crippen molar-refractivity contribution in [2.24, 2.45) is 0 Å². The first-order valence-corrected chi connectivity index (χ1v) is 8.15. The maximum Gasteiger partial charge on any atom is 0.416 e. The lowest BCUT2D eigenvalue weighted by Crippen LogP contribution is -2.33. The van der Waals surface area contributed by atoms with Gasteiger partial charge in [-0.1, -0.05) is 30.3 Å². The third-order valence-corrected chi connectivity index (χ3v) is 4.09. The third-order valence-electron chi connectivity index (χ3n) is 4.09. The minimum Gasteiger partial charge on any atom is -0.350 e. The van der Waals surface area contributed by atoms with E-state index >= 15 is 0 Å². The Balaban J connectivity index is 1.73. The predicted molar refractivity (Wildman–Crippen MR) is 94.0 cm³/mol. The highest BCUT2D eigenvalue weighted by molar-refractivity contribution is 5.83. The summed E-state index contributed by atoms with van der Waals surface area (Å²) in [5, 5.41) is 7.82. The number of alkyl halides is 3. The lowest BCUT2D eigenvalue weighted by atomic mass is 10.1. The highest BCUT2D eigenvalue weighted by Gasteiger charge is 2.30. The van der Waals surface area contributed by atoms with Crippen LogP contribution in [0.5, 0.6) is 0 Å². The Kier molecular flexibility index (Phi) is 4.98. The lowest BCUT2D eigenvalue weighted by molar-refractivity contribution is -0.137. The molecule has 0 aliphatic carbocycles. The van der Waals surface area contributed by atoms with Crippen molar-refractivity contribution in [2.75, 3.05) is 0 Å². The van der Waals surface area contributed by atoms with Gasteiger partial charge in [-0.05, 0) is 30.7 Å². The molecule has 0 saturated heterocycles. The van der Waals surface area contributed by atoms with Crippen molar-refractivity contribution in [3.8, 4) is 0 Å². The molecule has 1 N–H and O–H groups in total. The van der Waals surface area contributed by atoms with Crippen LogP contribution in [0, 0.1) is 6.92 Å². The summed E-state index contributed by atoms with van der Waals surface area (Å²) in [6.07, 6.45) is -4.44. The van der Waals surface area contributed by atoms with Gasteiger partial charge in [0.25, 0.3) is 5.56 Å². The quantitative estimate of drug-likeness (QED) is 0.762. The largest absolute Gasteiger partial charge is 0.416 e. The Morgan fingerprint density at radius 3 is 2.52 bits per heavy atom. The average molecular weight is 375 g/mol. The topological polar surface area (TPSA) is 64.0 Å². The first-order valence-electron chi connectivity index (χ1n) is 8.15. The predicted octanol–water partition coefficient (Wildman–Crippen LogP) is 3.04. The Hall–Kier alpha value is -3.16. The lowest BCUT2D eigenvalue weighted by Gasteiger charge is -2.11. The van der Waals surface area contributed by atoms with Crippen LogP contribution in [0.2, 0.25) is 0 Å². The van der Waals surface area contributed by atoms with Gasteiger partial charge in [0.15, 0.2) is 0 Å². The van der Waals surface area contributed by atoms with Crippen LogP contribution in [0.3, 0.4) is 0 Å². The number of halogens is 3. The molecule has 0 bridgehead atoms. The van der Waals surface area contributed by atoms with Gasteiger partial charge in [0, 0.05) is 11.9 Å². The fourth-order valence-electron chi connectivity index (χ4n) is 2.76. The molecule has 8 heteroatoms. The number of rotatable bonds is 4. The molecular formula is C19H16F3N3O2. The zero-order valence-electron chi connectivity index (χ0n) is 14.4.